The molecule has 0 aromatic carbocycles. The minimum atomic E-state index is -0.423. The van der Waals surface area contributed by atoms with Crippen LogP contribution in [0.2, 0.25) is 0 Å². The first kappa shape index (κ1) is 13.2. The quantitative estimate of drug-likeness (QED) is 0.719. The standard InChI is InChI=1S/C14H22N2O2/c1-5-11(15)10-6-14(7-10)8-16(9-14)12(17)18-13(2,3)4/h1,10-11H,6-9,15H2,2-4H3. The molecule has 1 aliphatic heterocycles. The summed E-state index contributed by atoms with van der Waals surface area (Å²) in [5.41, 5.74) is 5.67. The lowest BCUT2D eigenvalue weighted by atomic mass is 9.56. The first-order valence-corrected chi connectivity index (χ1v) is 6.44. The molecule has 1 saturated heterocycles. The van der Waals surface area contributed by atoms with Gasteiger partial charge in [-0.15, -0.1) is 6.42 Å². The van der Waals surface area contributed by atoms with Crippen molar-refractivity contribution in [3.05, 3.63) is 0 Å². The van der Waals surface area contributed by atoms with Crippen LogP contribution in [0.15, 0.2) is 0 Å². The minimum absolute atomic E-state index is 0.133. The van der Waals surface area contributed by atoms with E-state index in [4.69, 9.17) is 16.9 Å². The van der Waals surface area contributed by atoms with Gasteiger partial charge in [-0.3, -0.25) is 0 Å². The third-order valence-corrected chi connectivity index (χ3v) is 3.79. The monoisotopic (exact) mass is 250 g/mol. The van der Waals surface area contributed by atoms with Crippen LogP contribution in [-0.2, 0) is 4.74 Å². The Labute approximate surface area is 109 Å². The maximum atomic E-state index is 11.8. The van der Waals surface area contributed by atoms with Gasteiger partial charge in [0.1, 0.15) is 5.60 Å². The van der Waals surface area contributed by atoms with E-state index >= 15 is 0 Å². The van der Waals surface area contributed by atoms with Crippen molar-refractivity contribution in [2.24, 2.45) is 17.1 Å². The number of rotatable bonds is 1. The summed E-state index contributed by atoms with van der Waals surface area (Å²) in [7, 11) is 0. The van der Waals surface area contributed by atoms with Gasteiger partial charge in [-0.25, -0.2) is 4.79 Å². The molecule has 1 saturated carbocycles. The number of nitrogens with zero attached hydrogens (tertiary/aromatic N) is 1. The molecular weight excluding hydrogens is 228 g/mol. The van der Waals surface area contributed by atoms with Crippen molar-refractivity contribution in [2.75, 3.05) is 13.1 Å². The molecule has 4 heteroatoms. The largest absolute Gasteiger partial charge is 0.444 e. The number of hydrogen-bond acceptors (Lipinski definition) is 3. The molecule has 2 aliphatic rings. The van der Waals surface area contributed by atoms with Gasteiger partial charge in [0, 0.05) is 18.5 Å². The number of amides is 1. The highest BCUT2D eigenvalue weighted by Gasteiger charge is 2.55. The molecule has 2 fully saturated rings. The number of carbonyl (C=O) groups excluding carboxylic acids is 1. The summed E-state index contributed by atoms with van der Waals surface area (Å²) in [6, 6.07) is -0.133. The van der Waals surface area contributed by atoms with E-state index in [1.54, 1.807) is 4.90 Å². The number of ether oxygens (including phenoxy) is 1. The molecule has 18 heavy (non-hydrogen) atoms. The molecule has 1 aliphatic carbocycles. The van der Waals surface area contributed by atoms with E-state index < -0.39 is 5.60 Å². The van der Waals surface area contributed by atoms with Crippen molar-refractivity contribution < 1.29 is 9.53 Å². The van der Waals surface area contributed by atoms with E-state index in [9.17, 15) is 4.79 Å². The summed E-state index contributed by atoms with van der Waals surface area (Å²) in [6.07, 6.45) is 7.18. The molecule has 0 radical (unpaired) electrons. The SMILES string of the molecule is C#CC(N)C1CC2(C1)CN(C(=O)OC(C)(C)C)C2. The van der Waals surface area contributed by atoms with Crippen molar-refractivity contribution in [3.63, 3.8) is 0 Å². The Bertz CT molecular complexity index is 378. The van der Waals surface area contributed by atoms with Crippen LogP contribution >= 0.6 is 0 Å². The zero-order valence-electron chi connectivity index (χ0n) is 11.4. The third kappa shape index (κ3) is 2.46. The first-order chi connectivity index (χ1) is 8.25. The highest BCUT2D eigenvalue weighted by molar-refractivity contribution is 5.69. The molecule has 1 amide bonds. The van der Waals surface area contributed by atoms with Crippen molar-refractivity contribution in [1.82, 2.24) is 4.90 Å². The lowest BCUT2D eigenvalue weighted by Gasteiger charge is -2.59. The van der Waals surface area contributed by atoms with Gasteiger partial charge in [0.15, 0.2) is 0 Å². The lowest BCUT2D eigenvalue weighted by Crippen LogP contribution is -2.65. The first-order valence-electron chi connectivity index (χ1n) is 6.44. The second kappa shape index (κ2) is 4.17. The van der Waals surface area contributed by atoms with Gasteiger partial charge in [0.25, 0.3) is 0 Å². The van der Waals surface area contributed by atoms with Crippen LogP contribution in [-0.4, -0.2) is 35.7 Å². The average molecular weight is 250 g/mol. The van der Waals surface area contributed by atoms with Crippen molar-refractivity contribution in [1.29, 1.82) is 0 Å². The summed E-state index contributed by atoms with van der Waals surface area (Å²) in [4.78, 5) is 13.6. The lowest BCUT2D eigenvalue weighted by molar-refractivity contribution is -0.0965. The van der Waals surface area contributed by atoms with E-state index in [1.165, 1.54) is 0 Å². The van der Waals surface area contributed by atoms with Gasteiger partial charge in [0.05, 0.1) is 6.04 Å². The summed E-state index contributed by atoms with van der Waals surface area (Å²) in [5.74, 6) is 3.02. The van der Waals surface area contributed by atoms with Crippen LogP contribution in [0.1, 0.15) is 33.6 Å². The van der Waals surface area contributed by atoms with Crippen molar-refractivity contribution >= 4 is 6.09 Å². The third-order valence-electron chi connectivity index (χ3n) is 3.79. The predicted molar refractivity (Wildman–Crippen MR) is 69.8 cm³/mol. The summed E-state index contributed by atoms with van der Waals surface area (Å²) < 4.78 is 5.33. The summed E-state index contributed by atoms with van der Waals surface area (Å²) in [5, 5.41) is 0. The Kier molecular flexibility index (Phi) is 3.06. The molecule has 1 spiro atoms. The van der Waals surface area contributed by atoms with Gasteiger partial charge in [0.2, 0.25) is 0 Å². The molecule has 0 bridgehead atoms. The molecule has 1 unspecified atom stereocenters. The van der Waals surface area contributed by atoms with E-state index in [1.807, 2.05) is 20.8 Å². The fraction of sp³-hybridized carbons (Fsp3) is 0.786. The molecule has 1 atom stereocenters. The Hall–Kier alpha value is -1.21. The van der Waals surface area contributed by atoms with Crippen LogP contribution < -0.4 is 5.73 Å². The number of hydrogen-bond donors (Lipinski definition) is 1. The molecular formula is C14H22N2O2. The van der Waals surface area contributed by atoms with Crippen LogP contribution in [0, 0.1) is 23.7 Å². The molecule has 1 heterocycles. The Morgan fingerprint density at radius 1 is 1.50 bits per heavy atom. The van der Waals surface area contributed by atoms with Gasteiger partial charge >= 0.3 is 6.09 Å². The average Bonchev–Trinajstić information content (AvgIpc) is 2.09. The zero-order valence-corrected chi connectivity index (χ0v) is 11.4. The number of likely N-dealkylation sites (tertiary alicyclic amines) is 1. The normalized spacial score (nSPS) is 23.8. The van der Waals surface area contributed by atoms with Crippen LogP contribution in [0.3, 0.4) is 0 Å². The van der Waals surface area contributed by atoms with Gasteiger partial charge in [-0.05, 0) is 39.5 Å². The van der Waals surface area contributed by atoms with Gasteiger partial charge in [-0.2, -0.15) is 0 Å². The van der Waals surface area contributed by atoms with Gasteiger partial charge in [-0.1, -0.05) is 5.92 Å². The molecule has 100 valence electrons. The fourth-order valence-corrected chi connectivity index (χ4v) is 2.92. The Morgan fingerprint density at radius 3 is 2.50 bits per heavy atom. The van der Waals surface area contributed by atoms with Crippen LogP contribution in [0.5, 0.6) is 0 Å². The number of carbonyl (C=O) groups is 1. The van der Waals surface area contributed by atoms with Crippen LogP contribution in [0.4, 0.5) is 4.79 Å². The van der Waals surface area contributed by atoms with Crippen LogP contribution in [0.25, 0.3) is 0 Å². The Morgan fingerprint density at radius 2 is 2.06 bits per heavy atom. The number of nitrogens with two attached hydrogens (primary N) is 1. The highest BCUT2D eigenvalue weighted by atomic mass is 16.6. The molecule has 2 N–H and O–H groups in total. The smallest absolute Gasteiger partial charge is 0.410 e. The summed E-state index contributed by atoms with van der Waals surface area (Å²) in [6.45, 7) is 7.22. The molecule has 0 aromatic heterocycles. The molecule has 0 aromatic rings. The van der Waals surface area contributed by atoms with Gasteiger partial charge < -0.3 is 15.4 Å². The maximum Gasteiger partial charge on any atom is 0.410 e. The van der Waals surface area contributed by atoms with E-state index in [0.29, 0.717) is 5.92 Å². The zero-order chi connectivity index (χ0) is 13.6. The minimum Gasteiger partial charge on any atom is -0.444 e. The topological polar surface area (TPSA) is 55.6 Å². The molecule has 4 nitrogen and oxygen atoms in total. The fourth-order valence-electron chi connectivity index (χ4n) is 2.92. The molecule has 2 rings (SSSR count). The maximum absolute atomic E-state index is 11.8. The Balaban J connectivity index is 1.76. The van der Waals surface area contributed by atoms with E-state index in [-0.39, 0.29) is 17.6 Å². The van der Waals surface area contributed by atoms with E-state index in [0.717, 1.165) is 25.9 Å². The summed E-state index contributed by atoms with van der Waals surface area (Å²) >= 11 is 0. The van der Waals surface area contributed by atoms with Crippen molar-refractivity contribution in [3.8, 4) is 12.3 Å². The highest BCUT2D eigenvalue weighted by Crippen LogP contribution is 2.52. The predicted octanol–water partition coefficient (Wildman–Crippen LogP) is 1.59. The second-order valence-corrected chi connectivity index (χ2v) is 6.70. The van der Waals surface area contributed by atoms with Crippen molar-refractivity contribution in [2.45, 2.75) is 45.3 Å². The number of terminal acetylenes is 1. The second-order valence-electron chi connectivity index (χ2n) is 6.70. The van der Waals surface area contributed by atoms with E-state index in [2.05, 4.69) is 5.92 Å².